The number of anilines is 1. The minimum Gasteiger partial charge on any atom is -0.462 e. The number of hydrogen-bond donors (Lipinski definition) is 1. The zero-order valence-corrected chi connectivity index (χ0v) is 18.0. The fraction of sp³-hybridized carbons (Fsp3) is 0.650. The van der Waals surface area contributed by atoms with E-state index in [1.165, 1.54) is 0 Å². The maximum Gasteiger partial charge on any atom is 0.471 e. The first-order chi connectivity index (χ1) is 14.2. The first-order valence-electron chi connectivity index (χ1n) is 10.2. The van der Waals surface area contributed by atoms with Gasteiger partial charge in [0.1, 0.15) is 5.00 Å². The van der Waals surface area contributed by atoms with Crippen LogP contribution in [0.3, 0.4) is 0 Å². The van der Waals surface area contributed by atoms with Crippen LogP contribution in [0.2, 0.25) is 0 Å². The molecule has 0 saturated heterocycles. The van der Waals surface area contributed by atoms with Gasteiger partial charge in [0.15, 0.2) is 0 Å². The van der Waals surface area contributed by atoms with Gasteiger partial charge in [-0.3, -0.25) is 9.59 Å². The van der Waals surface area contributed by atoms with E-state index in [9.17, 15) is 27.6 Å². The summed E-state index contributed by atoms with van der Waals surface area (Å²) in [7, 11) is 0. The molecule has 0 aromatic carbocycles. The van der Waals surface area contributed by atoms with Crippen molar-refractivity contribution in [3.63, 3.8) is 0 Å². The van der Waals surface area contributed by atoms with Gasteiger partial charge in [0.25, 0.3) is 0 Å². The van der Waals surface area contributed by atoms with Crippen molar-refractivity contribution in [2.24, 2.45) is 0 Å². The van der Waals surface area contributed by atoms with Crippen LogP contribution < -0.4 is 5.32 Å². The van der Waals surface area contributed by atoms with Crippen LogP contribution >= 0.6 is 11.3 Å². The number of amides is 2. The molecule has 1 aliphatic rings. The predicted molar refractivity (Wildman–Crippen MR) is 107 cm³/mol. The molecule has 10 heteroatoms. The molecule has 6 nitrogen and oxygen atoms in total. The van der Waals surface area contributed by atoms with Crippen molar-refractivity contribution in [3.05, 3.63) is 16.0 Å². The van der Waals surface area contributed by atoms with Crippen LogP contribution in [0.15, 0.2) is 0 Å². The third-order valence-electron chi connectivity index (χ3n) is 4.87. The van der Waals surface area contributed by atoms with E-state index in [0.29, 0.717) is 29.8 Å². The molecule has 0 radical (unpaired) electrons. The molecule has 1 aliphatic heterocycles. The van der Waals surface area contributed by atoms with Gasteiger partial charge >= 0.3 is 18.1 Å². The maximum atomic E-state index is 12.7. The molecular weight excluding hydrogens is 421 g/mol. The molecule has 1 aromatic rings. The summed E-state index contributed by atoms with van der Waals surface area (Å²) < 4.78 is 43.0. The summed E-state index contributed by atoms with van der Waals surface area (Å²) in [5.74, 6) is -2.93. The number of nitrogens with one attached hydrogen (secondary N) is 1. The van der Waals surface area contributed by atoms with Crippen LogP contribution in [0, 0.1) is 0 Å². The largest absolute Gasteiger partial charge is 0.471 e. The lowest BCUT2D eigenvalue weighted by atomic mass is 10.0. The molecule has 2 amide bonds. The number of halogens is 3. The van der Waals surface area contributed by atoms with Crippen LogP contribution in [-0.4, -0.2) is 42.0 Å². The molecular formula is C20H27F3N2O4S. The molecule has 0 unspecified atom stereocenters. The Morgan fingerprint density at radius 3 is 2.47 bits per heavy atom. The Kier molecular flexibility index (Phi) is 8.69. The highest BCUT2D eigenvalue weighted by molar-refractivity contribution is 7.17. The van der Waals surface area contributed by atoms with Gasteiger partial charge in [-0.15, -0.1) is 11.3 Å². The third-order valence-corrected chi connectivity index (χ3v) is 6.00. The minimum atomic E-state index is -5.07. The summed E-state index contributed by atoms with van der Waals surface area (Å²) in [5.41, 5.74) is 0.504. The molecule has 0 saturated carbocycles. The number of unbranched alkanes of at least 4 members (excludes halogenated alkanes) is 4. The summed E-state index contributed by atoms with van der Waals surface area (Å²) in [6.07, 6.45) is 0.805. The lowest BCUT2D eigenvalue weighted by Crippen LogP contribution is -2.35. The second-order valence-electron chi connectivity index (χ2n) is 7.11. The molecule has 0 atom stereocenters. The Bertz CT molecular complexity index is 777. The monoisotopic (exact) mass is 448 g/mol. The molecule has 2 heterocycles. The Balaban J connectivity index is 2.15. The second kappa shape index (κ2) is 10.8. The number of alkyl halides is 3. The third kappa shape index (κ3) is 6.20. The minimum absolute atomic E-state index is 0.0101. The summed E-state index contributed by atoms with van der Waals surface area (Å²) in [4.78, 5) is 38.5. The SMILES string of the molecule is CCCCCCCC(=O)N1CCc2c(sc(NC(=O)C(F)(F)F)c2C(=O)OCC)C1. The normalized spacial score (nSPS) is 13.7. The highest BCUT2D eigenvalue weighted by Gasteiger charge is 2.40. The van der Waals surface area contributed by atoms with E-state index in [2.05, 4.69) is 6.92 Å². The zero-order valence-electron chi connectivity index (χ0n) is 17.2. The summed E-state index contributed by atoms with van der Waals surface area (Å²) in [5, 5.41) is 1.61. The van der Waals surface area contributed by atoms with E-state index in [0.717, 1.165) is 43.4 Å². The first kappa shape index (κ1) is 24.2. The van der Waals surface area contributed by atoms with E-state index in [-0.39, 0.29) is 29.6 Å². The van der Waals surface area contributed by atoms with Crippen molar-refractivity contribution in [3.8, 4) is 0 Å². The van der Waals surface area contributed by atoms with Gasteiger partial charge in [-0.25, -0.2) is 4.79 Å². The standard InChI is InChI=1S/C20H27F3N2O4S/c1-3-5-6-7-8-9-15(26)25-11-10-13-14(12-25)30-17(16(13)18(27)29-4-2)24-19(28)20(21,22)23/h3-12H2,1-2H3,(H,24,28). The van der Waals surface area contributed by atoms with E-state index in [4.69, 9.17) is 4.74 Å². The lowest BCUT2D eigenvalue weighted by molar-refractivity contribution is -0.167. The molecule has 1 aromatic heterocycles. The number of carbonyl (C=O) groups is 3. The van der Waals surface area contributed by atoms with Crippen molar-refractivity contribution in [2.75, 3.05) is 18.5 Å². The number of hydrogen-bond acceptors (Lipinski definition) is 5. The molecule has 168 valence electrons. The number of carbonyl (C=O) groups excluding carboxylic acids is 3. The predicted octanol–water partition coefficient (Wildman–Crippen LogP) is 4.67. The van der Waals surface area contributed by atoms with Crippen LogP contribution in [0.5, 0.6) is 0 Å². The van der Waals surface area contributed by atoms with E-state index < -0.39 is 18.1 Å². The highest BCUT2D eigenvalue weighted by atomic mass is 32.1. The number of thiophene rings is 1. The van der Waals surface area contributed by atoms with Gasteiger partial charge in [-0.05, 0) is 25.3 Å². The van der Waals surface area contributed by atoms with Gasteiger partial charge in [0.05, 0.1) is 18.7 Å². The summed E-state index contributed by atoms with van der Waals surface area (Å²) in [6, 6.07) is 0. The van der Waals surface area contributed by atoms with Crippen LogP contribution in [0.25, 0.3) is 0 Å². The summed E-state index contributed by atoms with van der Waals surface area (Å²) in [6.45, 7) is 4.34. The zero-order chi connectivity index (χ0) is 22.3. The van der Waals surface area contributed by atoms with E-state index >= 15 is 0 Å². The van der Waals surface area contributed by atoms with Crippen molar-refractivity contribution < 1.29 is 32.3 Å². The van der Waals surface area contributed by atoms with Crippen LogP contribution in [0.1, 0.15) is 73.2 Å². The van der Waals surface area contributed by atoms with E-state index in [1.54, 1.807) is 17.1 Å². The average Bonchev–Trinajstić information content (AvgIpc) is 3.04. The number of ether oxygens (including phenoxy) is 1. The molecule has 0 bridgehead atoms. The van der Waals surface area contributed by atoms with Crippen molar-refractivity contribution in [1.82, 2.24) is 4.90 Å². The average molecular weight is 449 g/mol. The van der Waals surface area contributed by atoms with Crippen LogP contribution in [-0.2, 0) is 27.3 Å². The molecule has 0 spiro atoms. The summed E-state index contributed by atoms with van der Waals surface area (Å²) >= 11 is 0.890. The number of rotatable bonds is 9. The Labute approximate surface area is 177 Å². The van der Waals surface area contributed by atoms with Crippen molar-refractivity contribution in [2.45, 2.75) is 71.5 Å². The van der Waals surface area contributed by atoms with Gasteiger partial charge < -0.3 is 15.0 Å². The Morgan fingerprint density at radius 2 is 1.83 bits per heavy atom. The molecule has 30 heavy (non-hydrogen) atoms. The number of fused-ring (bicyclic) bond motifs is 1. The molecule has 1 N–H and O–H groups in total. The second-order valence-corrected chi connectivity index (χ2v) is 8.21. The lowest BCUT2D eigenvalue weighted by Gasteiger charge is -2.27. The van der Waals surface area contributed by atoms with Gasteiger partial charge in [-0.2, -0.15) is 13.2 Å². The fourth-order valence-corrected chi connectivity index (χ4v) is 4.58. The maximum absolute atomic E-state index is 12.7. The van der Waals surface area contributed by atoms with Gasteiger partial charge in [0.2, 0.25) is 5.91 Å². The van der Waals surface area contributed by atoms with Crippen LogP contribution in [0.4, 0.5) is 18.2 Å². The van der Waals surface area contributed by atoms with Gasteiger partial charge in [0, 0.05) is 17.8 Å². The Hall–Kier alpha value is -2.10. The Morgan fingerprint density at radius 1 is 1.13 bits per heavy atom. The smallest absolute Gasteiger partial charge is 0.462 e. The fourth-order valence-electron chi connectivity index (χ4n) is 3.34. The van der Waals surface area contributed by atoms with Gasteiger partial charge in [-0.1, -0.05) is 32.6 Å². The molecule has 0 aliphatic carbocycles. The highest BCUT2D eigenvalue weighted by Crippen LogP contribution is 2.38. The molecule has 2 rings (SSSR count). The molecule has 0 fully saturated rings. The van der Waals surface area contributed by atoms with Crippen molar-refractivity contribution >= 4 is 34.1 Å². The number of nitrogens with zero attached hydrogens (tertiary/aromatic N) is 1. The first-order valence-corrected chi connectivity index (χ1v) is 11.0. The quantitative estimate of drug-likeness (QED) is 0.440. The van der Waals surface area contributed by atoms with Crippen molar-refractivity contribution in [1.29, 1.82) is 0 Å². The topological polar surface area (TPSA) is 75.7 Å². The number of esters is 1. The van der Waals surface area contributed by atoms with E-state index in [1.807, 2.05) is 0 Å².